The van der Waals surface area contributed by atoms with E-state index in [0.29, 0.717) is 23.7 Å². The highest BCUT2D eigenvalue weighted by atomic mass is 16.3. The molecule has 0 spiro atoms. The first kappa shape index (κ1) is 28.2. The molecule has 0 unspecified atom stereocenters. The summed E-state index contributed by atoms with van der Waals surface area (Å²) in [4.78, 5) is 39.7. The maximum Gasteiger partial charge on any atom is 0.255 e. The lowest BCUT2D eigenvalue weighted by molar-refractivity contribution is -0.155. The van der Waals surface area contributed by atoms with Gasteiger partial charge in [0.1, 0.15) is 22.8 Å². The Bertz CT molecular complexity index is 1550. The summed E-state index contributed by atoms with van der Waals surface area (Å²) in [5.74, 6) is -7.72. The molecule has 7 N–H and O–H groups in total. The molecule has 10 heteroatoms. The van der Waals surface area contributed by atoms with E-state index >= 15 is 0 Å². The van der Waals surface area contributed by atoms with Crippen LogP contribution >= 0.6 is 0 Å². The number of aliphatic hydroxyl groups is 3. The molecule has 1 aromatic heterocycles. The van der Waals surface area contributed by atoms with Gasteiger partial charge in [0.25, 0.3) is 5.91 Å². The number of hydrogen-bond donors (Lipinski definition) is 6. The summed E-state index contributed by atoms with van der Waals surface area (Å²) in [6.45, 7) is 3.82. The fraction of sp³-hybridized carbons (Fsp3) is 0.469. The molecule has 2 fully saturated rings. The molecular weight excluding hydrogens is 540 g/mol. The molecule has 222 valence electrons. The summed E-state index contributed by atoms with van der Waals surface area (Å²) < 4.78 is 5.35. The maximum absolute atomic E-state index is 14.2. The van der Waals surface area contributed by atoms with E-state index < -0.39 is 57.9 Å². The van der Waals surface area contributed by atoms with Gasteiger partial charge in [0.05, 0.1) is 18.1 Å². The lowest BCUT2D eigenvalue weighted by Crippen LogP contribution is -2.62. The van der Waals surface area contributed by atoms with Gasteiger partial charge in [0.2, 0.25) is 5.78 Å². The smallest absolute Gasteiger partial charge is 0.255 e. The number of carbonyl (C=O) groups excluding carboxylic acids is 3. The summed E-state index contributed by atoms with van der Waals surface area (Å²) in [6, 6.07) is 3.97. The lowest BCUT2D eigenvalue weighted by Gasteiger charge is -2.50. The third kappa shape index (κ3) is 4.03. The van der Waals surface area contributed by atoms with Crippen LogP contribution in [0, 0.1) is 23.7 Å². The number of carbonyl (C=O) groups is 3. The Labute approximate surface area is 242 Å². The monoisotopic (exact) mass is 576 g/mol. The number of benzene rings is 1. The second-order valence-corrected chi connectivity index (χ2v) is 12.5. The zero-order valence-electron chi connectivity index (χ0n) is 23.6. The normalized spacial score (nSPS) is 27.9. The van der Waals surface area contributed by atoms with Crippen molar-refractivity contribution in [2.75, 3.05) is 0 Å². The first-order valence-electron chi connectivity index (χ1n) is 14.6. The van der Waals surface area contributed by atoms with Crippen LogP contribution in [0.4, 0.5) is 0 Å². The van der Waals surface area contributed by atoms with Gasteiger partial charge in [-0.3, -0.25) is 14.4 Å². The predicted octanol–water partition coefficient (Wildman–Crippen LogP) is 3.60. The minimum absolute atomic E-state index is 0.0718. The topological polar surface area (TPSA) is 183 Å². The van der Waals surface area contributed by atoms with Crippen molar-refractivity contribution in [1.82, 2.24) is 5.32 Å². The van der Waals surface area contributed by atoms with Crippen LogP contribution in [0.2, 0.25) is 0 Å². The van der Waals surface area contributed by atoms with Gasteiger partial charge in [-0.05, 0) is 60.8 Å². The molecule has 1 aromatic carbocycles. The van der Waals surface area contributed by atoms with Gasteiger partial charge in [-0.1, -0.05) is 26.7 Å². The molecule has 1 amide bonds. The largest absolute Gasteiger partial charge is 0.508 e. The number of Topliss-reactive ketones (excluding diaryl/α,β-unsaturated/α-hetero) is 2. The summed E-state index contributed by atoms with van der Waals surface area (Å²) in [5.41, 5.74) is 4.56. The Balaban J connectivity index is 1.52. The van der Waals surface area contributed by atoms with Crippen LogP contribution < -0.4 is 11.1 Å². The third-order valence-corrected chi connectivity index (χ3v) is 9.82. The number of aromatic hydroxyl groups is 1. The van der Waals surface area contributed by atoms with Crippen molar-refractivity contribution in [3.05, 3.63) is 58.3 Å². The van der Waals surface area contributed by atoms with E-state index in [-0.39, 0.29) is 35.6 Å². The third-order valence-electron chi connectivity index (χ3n) is 9.82. The Morgan fingerprint density at radius 3 is 2.52 bits per heavy atom. The Hall–Kier alpha value is -3.89. The van der Waals surface area contributed by atoms with Crippen molar-refractivity contribution >= 4 is 23.2 Å². The molecule has 4 atom stereocenters. The van der Waals surface area contributed by atoms with E-state index in [4.69, 9.17) is 10.2 Å². The first-order chi connectivity index (χ1) is 20.0. The molecule has 0 aliphatic heterocycles. The van der Waals surface area contributed by atoms with Crippen molar-refractivity contribution in [3.63, 3.8) is 0 Å². The van der Waals surface area contributed by atoms with Crippen LogP contribution in [0.15, 0.2) is 46.0 Å². The minimum atomic E-state index is -2.63. The number of primary amides is 1. The number of fused-ring (bicyclic) bond motifs is 3. The quantitative estimate of drug-likeness (QED) is 0.280. The number of ketones is 2. The van der Waals surface area contributed by atoms with Crippen LogP contribution in [0.5, 0.6) is 5.75 Å². The molecule has 0 radical (unpaired) electrons. The maximum atomic E-state index is 14.2. The summed E-state index contributed by atoms with van der Waals surface area (Å²) in [5, 5.41) is 49.6. The zero-order valence-corrected chi connectivity index (χ0v) is 23.6. The molecule has 1 heterocycles. The predicted molar refractivity (Wildman–Crippen MR) is 152 cm³/mol. The van der Waals surface area contributed by atoms with Crippen molar-refractivity contribution < 1.29 is 39.2 Å². The molecular formula is C32H36N2O8. The van der Waals surface area contributed by atoms with Gasteiger partial charge in [0.15, 0.2) is 11.4 Å². The number of rotatable bonds is 6. The number of hydrogen-bond acceptors (Lipinski definition) is 9. The van der Waals surface area contributed by atoms with Gasteiger partial charge in [-0.25, -0.2) is 0 Å². The summed E-state index contributed by atoms with van der Waals surface area (Å²) in [7, 11) is 0. The minimum Gasteiger partial charge on any atom is -0.508 e. The fourth-order valence-electron chi connectivity index (χ4n) is 7.80. The van der Waals surface area contributed by atoms with Crippen molar-refractivity contribution in [2.45, 2.75) is 70.6 Å². The van der Waals surface area contributed by atoms with E-state index in [2.05, 4.69) is 5.32 Å². The SMILES string of the molecule is CC(C)[C@@H]1C(=O)C(C(N)=O)=C(O)[C@@]2(O)C(=O)C3=C(O)c4c(O)c(CNC5CCCC5)cc(-c5ccoc5)c4C[C@H]3C[C@@H]12. The Morgan fingerprint density at radius 1 is 1.19 bits per heavy atom. The van der Waals surface area contributed by atoms with Gasteiger partial charge >= 0.3 is 0 Å². The average molecular weight is 577 g/mol. The molecule has 4 aliphatic rings. The zero-order chi connectivity index (χ0) is 30.1. The first-order valence-corrected chi connectivity index (χ1v) is 14.6. The molecule has 0 bridgehead atoms. The second-order valence-electron chi connectivity index (χ2n) is 12.5. The number of furan rings is 1. The number of amides is 1. The van der Waals surface area contributed by atoms with E-state index in [1.165, 1.54) is 6.26 Å². The van der Waals surface area contributed by atoms with Gasteiger partial charge < -0.3 is 35.9 Å². The molecule has 10 nitrogen and oxygen atoms in total. The molecule has 6 rings (SSSR count). The Morgan fingerprint density at radius 2 is 1.90 bits per heavy atom. The van der Waals surface area contributed by atoms with E-state index in [9.17, 15) is 34.8 Å². The average Bonchev–Trinajstić information content (AvgIpc) is 3.65. The van der Waals surface area contributed by atoms with Crippen molar-refractivity contribution in [2.24, 2.45) is 29.4 Å². The van der Waals surface area contributed by atoms with Gasteiger partial charge in [0, 0.05) is 41.1 Å². The van der Waals surface area contributed by atoms with E-state index in [0.717, 1.165) is 36.8 Å². The fourth-order valence-corrected chi connectivity index (χ4v) is 7.80. The van der Waals surface area contributed by atoms with Crippen LogP contribution in [0.25, 0.3) is 16.9 Å². The molecule has 42 heavy (non-hydrogen) atoms. The summed E-state index contributed by atoms with van der Waals surface area (Å²) >= 11 is 0. The number of nitrogens with one attached hydrogen (secondary N) is 1. The van der Waals surface area contributed by atoms with Crippen molar-refractivity contribution in [1.29, 1.82) is 0 Å². The number of phenolic OH excluding ortho intramolecular Hbond substituents is 1. The van der Waals surface area contributed by atoms with Crippen molar-refractivity contribution in [3.8, 4) is 16.9 Å². The highest BCUT2D eigenvalue weighted by molar-refractivity contribution is 6.23. The van der Waals surface area contributed by atoms with Crippen LogP contribution in [0.1, 0.15) is 62.6 Å². The standard InChI is InChI=1S/C32H36N2O8/c1-14(2)22-21-11-16-9-20-19(15-7-8-42-13-15)10-17(12-34-18-5-3-4-6-18)26(35)24(20)28(37)23(16)29(38)32(21,41)30(39)25(27(22)36)31(33)40/h7-8,10,13-14,16,18,21-22,34-35,37,39,41H,3-6,9,11-12H2,1-2H3,(H2,33,40)/t16-,21-,22-,32-/m0/s1. The second kappa shape index (κ2) is 10.1. The van der Waals surface area contributed by atoms with E-state index in [1.807, 2.05) is 6.07 Å². The molecule has 0 saturated heterocycles. The molecule has 2 aromatic rings. The van der Waals surface area contributed by atoms with Crippen LogP contribution in [-0.4, -0.2) is 49.5 Å². The van der Waals surface area contributed by atoms with Crippen LogP contribution in [-0.2, 0) is 27.3 Å². The number of aliphatic hydroxyl groups excluding tert-OH is 2. The van der Waals surface area contributed by atoms with E-state index in [1.54, 1.807) is 26.2 Å². The summed E-state index contributed by atoms with van der Waals surface area (Å²) in [6.07, 6.45) is 7.75. The Kier molecular flexibility index (Phi) is 6.81. The lowest BCUT2D eigenvalue weighted by atomic mass is 9.54. The van der Waals surface area contributed by atoms with Crippen LogP contribution in [0.3, 0.4) is 0 Å². The van der Waals surface area contributed by atoms with Gasteiger partial charge in [-0.2, -0.15) is 0 Å². The van der Waals surface area contributed by atoms with Gasteiger partial charge in [-0.15, -0.1) is 0 Å². The highest BCUT2D eigenvalue weighted by Crippen LogP contribution is 2.55. The molecule has 2 saturated carbocycles. The number of nitrogens with two attached hydrogens (primary N) is 1. The molecule has 4 aliphatic carbocycles. The highest BCUT2D eigenvalue weighted by Gasteiger charge is 2.64. The number of phenols is 1.